The van der Waals surface area contributed by atoms with Gasteiger partial charge in [-0.25, -0.2) is 0 Å². The summed E-state index contributed by atoms with van der Waals surface area (Å²) in [6.45, 7) is 0.390. The van der Waals surface area contributed by atoms with E-state index in [2.05, 4.69) is 10.5 Å². The summed E-state index contributed by atoms with van der Waals surface area (Å²) in [7, 11) is 5.45. The van der Waals surface area contributed by atoms with E-state index in [9.17, 15) is 4.79 Å². The molecule has 2 heterocycles. The van der Waals surface area contributed by atoms with Gasteiger partial charge in [-0.2, -0.15) is 0 Å². The van der Waals surface area contributed by atoms with Gasteiger partial charge in [0, 0.05) is 18.2 Å². The van der Waals surface area contributed by atoms with Crippen LogP contribution in [0.25, 0.3) is 11.3 Å². The normalized spacial score (nSPS) is 12.2. The Morgan fingerprint density at radius 1 is 1.27 bits per heavy atom. The van der Waals surface area contributed by atoms with Crippen LogP contribution >= 0.6 is 0 Å². The number of aromatic nitrogens is 1. The summed E-state index contributed by atoms with van der Waals surface area (Å²) < 4.78 is 15.9. The van der Waals surface area contributed by atoms with Crippen LogP contribution in [0.3, 0.4) is 0 Å². The number of benzene rings is 1. The Hall–Kier alpha value is -3.06. The SMILES string of the molecule is COc1cccc(-c2cc(C(=O)NCC(c3ccco3)N(C)C)no2)c1. The topological polar surface area (TPSA) is 80.7 Å². The number of hydrogen-bond acceptors (Lipinski definition) is 6. The molecule has 0 radical (unpaired) electrons. The van der Waals surface area contributed by atoms with Crippen molar-refractivity contribution in [1.29, 1.82) is 0 Å². The summed E-state index contributed by atoms with van der Waals surface area (Å²) >= 11 is 0. The molecule has 0 bridgehead atoms. The van der Waals surface area contributed by atoms with Crippen LogP contribution in [0.2, 0.25) is 0 Å². The summed E-state index contributed by atoms with van der Waals surface area (Å²) in [5, 5.41) is 6.74. The third-order valence-electron chi connectivity index (χ3n) is 4.05. The number of carbonyl (C=O) groups excluding carboxylic acids is 1. The maximum atomic E-state index is 12.4. The highest BCUT2D eigenvalue weighted by Gasteiger charge is 2.20. The fourth-order valence-electron chi connectivity index (χ4n) is 2.59. The van der Waals surface area contributed by atoms with Crippen molar-refractivity contribution < 1.29 is 18.5 Å². The minimum absolute atomic E-state index is 0.0706. The largest absolute Gasteiger partial charge is 0.497 e. The molecule has 0 saturated heterocycles. The van der Waals surface area contributed by atoms with Gasteiger partial charge >= 0.3 is 0 Å². The van der Waals surface area contributed by atoms with Gasteiger partial charge in [-0.15, -0.1) is 0 Å². The first-order valence-electron chi connectivity index (χ1n) is 8.17. The number of furan rings is 1. The minimum Gasteiger partial charge on any atom is -0.497 e. The Bertz CT molecular complexity index is 855. The van der Waals surface area contributed by atoms with Crippen LogP contribution in [0.1, 0.15) is 22.3 Å². The molecule has 3 rings (SSSR count). The maximum Gasteiger partial charge on any atom is 0.273 e. The van der Waals surface area contributed by atoms with Crippen LogP contribution in [-0.2, 0) is 0 Å². The van der Waals surface area contributed by atoms with Gasteiger partial charge in [0.2, 0.25) is 0 Å². The van der Waals surface area contributed by atoms with Gasteiger partial charge in [-0.05, 0) is 38.4 Å². The van der Waals surface area contributed by atoms with Crippen LogP contribution in [0, 0.1) is 0 Å². The summed E-state index contributed by atoms with van der Waals surface area (Å²) in [6.07, 6.45) is 1.62. The third kappa shape index (κ3) is 3.94. The fourth-order valence-corrected chi connectivity index (χ4v) is 2.59. The number of nitrogens with one attached hydrogen (secondary N) is 1. The number of hydrogen-bond donors (Lipinski definition) is 1. The average molecular weight is 355 g/mol. The molecule has 0 aliphatic heterocycles. The van der Waals surface area contributed by atoms with Crippen LogP contribution in [0.4, 0.5) is 0 Å². The molecule has 0 saturated carbocycles. The van der Waals surface area contributed by atoms with Crippen molar-refractivity contribution in [1.82, 2.24) is 15.4 Å². The van der Waals surface area contributed by atoms with Crippen LogP contribution in [-0.4, -0.2) is 43.7 Å². The first kappa shape index (κ1) is 17.8. The van der Waals surface area contributed by atoms with Crippen molar-refractivity contribution in [3.05, 3.63) is 60.2 Å². The lowest BCUT2D eigenvalue weighted by Gasteiger charge is -2.22. The Labute approximate surface area is 151 Å². The molecule has 1 unspecified atom stereocenters. The van der Waals surface area contributed by atoms with E-state index in [1.807, 2.05) is 55.4 Å². The molecule has 1 N–H and O–H groups in total. The van der Waals surface area contributed by atoms with Crippen molar-refractivity contribution in [2.24, 2.45) is 0 Å². The Morgan fingerprint density at radius 3 is 2.81 bits per heavy atom. The monoisotopic (exact) mass is 355 g/mol. The van der Waals surface area contributed by atoms with E-state index in [0.717, 1.165) is 11.3 Å². The van der Waals surface area contributed by atoms with Gasteiger partial charge < -0.3 is 19.0 Å². The van der Waals surface area contributed by atoms with E-state index in [1.54, 1.807) is 19.4 Å². The quantitative estimate of drug-likeness (QED) is 0.702. The molecule has 7 nitrogen and oxygen atoms in total. The molecule has 1 atom stereocenters. The summed E-state index contributed by atoms with van der Waals surface area (Å²) in [5.41, 5.74) is 1.01. The number of methoxy groups -OCH3 is 1. The number of amides is 1. The number of carbonyl (C=O) groups is 1. The van der Waals surface area contributed by atoms with Crippen LogP contribution in [0.5, 0.6) is 5.75 Å². The minimum atomic E-state index is -0.304. The number of likely N-dealkylation sites (N-methyl/N-ethyl adjacent to an activating group) is 1. The molecule has 3 aromatic rings. The lowest BCUT2D eigenvalue weighted by Crippen LogP contribution is -2.34. The smallest absolute Gasteiger partial charge is 0.273 e. The molecule has 0 spiro atoms. The molecule has 1 aromatic carbocycles. The van der Waals surface area contributed by atoms with Crippen molar-refractivity contribution >= 4 is 5.91 Å². The maximum absolute atomic E-state index is 12.4. The van der Waals surface area contributed by atoms with E-state index in [4.69, 9.17) is 13.7 Å². The van der Waals surface area contributed by atoms with E-state index in [-0.39, 0.29) is 17.6 Å². The molecule has 136 valence electrons. The van der Waals surface area contributed by atoms with Gasteiger partial charge in [0.1, 0.15) is 11.5 Å². The predicted octanol–water partition coefficient (Wildman–Crippen LogP) is 2.98. The van der Waals surface area contributed by atoms with E-state index in [1.165, 1.54) is 0 Å². The second-order valence-corrected chi connectivity index (χ2v) is 6.01. The zero-order valence-electron chi connectivity index (χ0n) is 14.9. The second kappa shape index (κ2) is 7.88. The molecule has 0 fully saturated rings. The van der Waals surface area contributed by atoms with Crippen molar-refractivity contribution in [3.8, 4) is 17.1 Å². The van der Waals surface area contributed by atoms with Gasteiger partial charge in [0.15, 0.2) is 11.5 Å². The first-order chi connectivity index (χ1) is 12.6. The van der Waals surface area contributed by atoms with Gasteiger partial charge in [0.25, 0.3) is 5.91 Å². The average Bonchev–Trinajstić information content (AvgIpc) is 3.33. The van der Waals surface area contributed by atoms with Gasteiger partial charge in [0.05, 0.1) is 19.4 Å². The summed E-state index contributed by atoms with van der Waals surface area (Å²) in [6, 6.07) is 12.6. The number of nitrogens with zero attached hydrogens (tertiary/aromatic N) is 2. The molecular formula is C19H21N3O4. The Balaban J connectivity index is 1.68. The second-order valence-electron chi connectivity index (χ2n) is 6.01. The highest BCUT2D eigenvalue weighted by Crippen LogP contribution is 2.24. The van der Waals surface area contributed by atoms with Gasteiger partial charge in [-0.1, -0.05) is 17.3 Å². The van der Waals surface area contributed by atoms with E-state index in [0.29, 0.717) is 18.1 Å². The molecule has 0 aliphatic rings. The standard InChI is InChI=1S/C19H21N3O4/c1-22(2)16(17-8-5-9-25-17)12-20-19(23)15-11-18(26-21-15)13-6-4-7-14(10-13)24-3/h4-11,16H,12H2,1-3H3,(H,20,23). The van der Waals surface area contributed by atoms with E-state index < -0.39 is 0 Å². The zero-order chi connectivity index (χ0) is 18.5. The molecular weight excluding hydrogens is 334 g/mol. The van der Waals surface area contributed by atoms with Crippen molar-refractivity contribution in [2.75, 3.05) is 27.7 Å². The van der Waals surface area contributed by atoms with Crippen molar-refractivity contribution in [2.45, 2.75) is 6.04 Å². The highest BCUT2D eigenvalue weighted by molar-refractivity contribution is 5.93. The molecule has 0 aliphatic carbocycles. The van der Waals surface area contributed by atoms with Crippen LogP contribution in [0.15, 0.2) is 57.7 Å². The van der Waals surface area contributed by atoms with Crippen LogP contribution < -0.4 is 10.1 Å². The molecule has 7 heteroatoms. The summed E-state index contributed by atoms with van der Waals surface area (Å²) in [5.74, 6) is 1.69. The summed E-state index contributed by atoms with van der Waals surface area (Å²) in [4.78, 5) is 14.4. The van der Waals surface area contributed by atoms with Gasteiger partial charge in [-0.3, -0.25) is 9.69 Å². The number of ether oxygens (including phenoxy) is 1. The Morgan fingerprint density at radius 2 is 2.12 bits per heavy atom. The lowest BCUT2D eigenvalue weighted by molar-refractivity contribution is 0.0930. The molecule has 1 amide bonds. The molecule has 2 aromatic heterocycles. The number of rotatable bonds is 7. The third-order valence-corrected chi connectivity index (χ3v) is 4.05. The molecule has 26 heavy (non-hydrogen) atoms. The van der Waals surface area contributed by atoms with E-state index >= 15 is 0 Å². The predicted molar refractivity (Wildman–Crippen MR) is 96.0 cm³/mol. The van der Waals surface area contributed by atoms with Crippen molar-refractivity contribution in [3.63, 3.8) is 0 Å². The zero-order valence-corrected chi connectivity index (χ0v) is 14.9. The Kier molecular flexibility index (Phi) is 5.38. The highest BCUT2D eigenvalue weighted by atomic mass is 16.5. The lowest BCUT2D eigenvalue weighted by atomic mass is 10.1. The fraction of sp³-hybridized carbons (Fsp3) is 0.263. The first-order valence-corrected chi connectivity index (χ1v) is 8.17.